The Morgan fingerprint density at radius 3 is 2.26 bits per heavy atom. The van der Waals surface area contributed by atoms with Crippen LogP contribution in [0.3, 0.4) is 0 Å². The molecule has 0 aliphatic heterocycles. The summed E-state index contributed by atoms with van der Waals surface area (Å²) in [5.41, 5.74) is 4.72. The van der Waals surface area contributed by atoms with Gasteiger partial charge in [0.1, 0.15) is 0 Å². The molecule has 0 aromatic heterocycles. The Kier molecular flexibility index (Phi) is 6.20. The second-order valence-electron chi connectivity index (χ2n) is 3.46. The maximum absolute atomic E-state index is 12.8. The van der Waals surface area contributed by atoms with Crippen LogP contribution >= 0.6 is 12.4 Å². The molecule has 3 N–H and O–H groups in total. The van der Waals surface area contributed by atoms with Crippen LogP contribution in [0.25, 0.3) is 0 Å². The molecule has 0 amide bonds. The molecule has 0 bridgehead atoms. The van der Waals surface area contributed by atoms with E-state index in [-0.39, 0.29) is 12.4 Å². The average molecular weight is 323 g/mol. The zero-order chi connectivity index (χ0) is 14.0. The van der Waals surface area contributed by atoms with Gasteiger partial charge in [-0.25, -0.2) is 30.7 Å². The van der Waals surface area contributed by atoms with Gasteiger partial charge in [0.2, 0.25) is 10.0 Å². The zero-order valence-electron chi connectivity index (χ0n) is 9.37. The number of hydrogen-bond donors (Lipinski definition) is 2. The SMILES string of the molecule is Cl.NCC(F)(F)CNS(=O)(=O)c1ccc(F)c(F)c1. The first kappa shape index (κ1) is 18.1. The van der Waals surface area contributed by atoms with Gasteiger partial charge in [-0.2, -0.15) is 0 Å². The summed E-state index contributed by atoms with van der Waals surface area (Å²) in [5.74, 6) is -6.03. The van der Waals surface area contributed by atoms with Crippen molar-refractivity contribution >= 4 is 22.4 Å². The van der Waals surface area contributed by atoms with Crippen LogP contribution in [-0.2, 0) is 10.0 Å². The molecule has 1 aromatic carbocycles. The van der Waals surface area contributed by atoms with Crippen LogP contribution in [0.1, 0.15) is 0 Å². The van der Waals surface area contributed by atoms with Gasteiger partial charge < -0.3 is 5.73 Å². The van der Waals surface area contributed by atoms with Crippen molar-refractivity contribution in [1.29, 1.82) is 0 Å². The highest BCUT2D eigenvalue weighted by Gasteiger charge is 2.29. The van der Waals surface area contributed by atoms with E-state index in [1.54, 1.807) is 4.72 Å². The highest BCUT2D eigenvalue weighted by Crippen LogP contribution is 2.15. The molecule has 1 rings (SSSR count). The van der Waals surface area contributed by atoms with Gasteiger partial charge in [0.05, 0.1) is 18.0 Å². The highest BCUT2D eigenvalue weighted by atomic mass is 35.5. The Balaban J connectivity index is 0.00000324. The van der Waals surface area contributed by atoms with Crippen molar-refractivity contribution in [2.75, 3.05) is 13.1 Å². The van der Waals surface area contributed by atoms with Gasteiger partial charge in [-0.3, -0.25) is 0 Å². The number of halogens is 5. The fourth-order valence-electron chi connectivity index (χ4n) is 1.00. The first-order valence-corrected chi connectivity index (χ1v) is 6.19. The minimum atomic E-state index is -4.34. The largest absolute Gasteiger partial charge is 0.325 e. The summed E-state index contributed by atoms with van der Waals surface area (Å²) >= 11 is 0. The van der Waals surface area contributed by atoms with Crippen LogP contribution in [0, 0.1) is 11.6 Å². The van der Waals surface area contributed by atoms with E-state index in [1.807, 2.05) is 0 Å². The summed E-state index contributed by atoms with van der Waals surface area (Å²) in [7, 11) is -4.34. The molecule has 0 heterocycles. The van der Waals surface area contributed by atoms with Gasteiger partial charge in [-0.05, 0) is 18.2 Å². The molecule has 0 saturated heterocycles. The lowest BCUT2D eigenvalue weighted by atomic mass is 10.3. The number of nitrogens with one attached hydrogen (secondary N) is 1. The Hall–Kier alpha value is -0.900. The molecule has 4 nitrogen and oxygen atoms in total. The lowest BCUT2D eigenvalue weighted by Gasteiger charge is -2.14. The van der Waals surface area contributed by atoms with E-state index in [2.05, 4.69) is 0 Å². The molecule has 110 valence electrons. The number of hydrogen-bond acceptors (Lipinski definition) is 3. The molecule has 0 spiro atoms. The summed E-state index contributed by atoms with van der Waals surface area (Å²) in [6.45, 7) is -2.25. The molecular weight excluding hydrogens is 312 g/mol. The maximum Gasteiger partial charge on any atom is 0.273 e. The van der Waals surface area contributed by atoms with E-state index < -0.39 is 45.6 Å². The third-order valence-electron chi connectivity index (χ3n) is 2.02. The van der Waals surface area contributed by atoms with Crippen LogP contribution < -0.4 is 10.5 Å². The molecule has 0 unspecified atom stereocenters. The van der Waals surface area contributed by atoms with Crippen molar-refractivity contribution in [2.24, 2.45) is 5.73 Å². The number of nitrogens with two attached hydrogens (primary N) is 1. The Bertz CT molecular complexity index is 539. The van der Waals surface area contributed by atoms with Gasteiger partial charge in [0, 0.05) is 0 Å². The monoisotopic (exact) mass is 322 g/mol. The molecule has 0 radical (unpaired) electrons. The van der Waals surface area contributed by atoms with Gasteiger partial charge in [-0.1, -0.05) is 0 Å². The first-order chi connectivity index (χ1) is 8.18. The molecule has 19 heavy (non-hydrogen) atoms. The molecule has 0 atom stereocenters. The molecular formula is C9H11ClF4N2O2S. The lowest BCUT2D eigenvalue weighted by molar-refractivity contribution is 0.0170. The van der Waals surface area contributed by atoms with Crippen molar-refractivity contribution in [3.63, 3.8) is 0 Å². The Morgan fingerprint density at radius 2 is 1.79 bits per heavy atom. The predicted molar refractivity (Wildman–Crippen MR) is 62.8 cm³/mol. The van der Waals surface area contributed by atoms with Gasteiger partial charge >= 0.3 is 0 Å². The summed E-state index contributed by atoms with van der Waals surface area (Å²) in [5, 5.41) is 0. The Labute approximate surface area is 113 Å². The summed E-state index contributed by atoms with van der Waals surface area (Å²) in [6.07, 6.45) is 0. The van der Waals surface area contributed by atoms with Gasteiger partial charge in [0.25, 0.3) is 5.92 Å². The van der Waals surface area contributed by atoms with Crippen LogP contribution in [0.5, 0.6) is 0 Å². The van der Waals surface area contributed by atoms with Crippen LogP contribution in [0.2, 0.25) is 0 Å². The lowest BCUT2D eigenvalue weighted by Crippen LogP contribution is -2.41. The molecule has 0 fully saturated rings. The zero-order valence-corrected chi connectivity index (χ0v) is 11.0. The van der Waals surface area contributed by atoms with Crippen LogP contribution in [0.15, 0.2) is 23.1 Å². The molecule has 10 heteroatoms. The van der Waals surface area contributed by atoms with Crippen molar-refractivity contribution in [1.82, 2.24) is 4.72 Å². The smallest absolute Gasteiger partial charge is 0.273 e. The number of alkyl halides is 2. The number of rotatable bonds is 5. The first-order valence-electron chi connectivity index (χ1n) is 4.70. The minimum Gasteiger partial charge on any atom is -0.325 e. The number of benzene rings is 1. The summed E-state index contributed by atoms with van der Waals surface area (Å²) < 4.78 is 75.5. The predicted octanol–water partition coefficient (Wildman–Crippen LogP) is 1.26. The normalized spacial score (nSPS) is 12.1. The van der Waals surface area contributed by atoms with Crippen molar-refractivity contribution < 1.29 is 26.0 Å². The third kappa shape index (κ3) is 4.94. The molecule has 0 aliphatic rings. The van der Waals surface area contributed by atoms with Crippen LogP contribution in [-0.4, -0.2) is 27.4 Å². The molecule has 0 saturated carbocycles. The maximum atomic E-state index is 12.8. The van der Waals surface area contributed by atoms with Gasteiger partial charge in [-0.15, -0.1) is 12.4 Å². The average Bonchev–Trinajstić information content (AvgIpc) is 2.30. The molecule has 0 aliphatic carbocycles. The van der Waals surface area contributed by atoms with E-state index in [9.17, 15) is 26.0 Å². The summed E-state index contributed by atoms with van der Waals surface area (Å²) in [6, 6.07) is 1.75. The van der Waals surface area contributed by atoms with E-state index in [0.29, 0.717) is 12.1 Å². The van der Waals surface area contributed by atoms with Crippen molar-refractivity contribution in [3.8, 4) is 0 Å². The molecule has 1 aromatic rings. The fourth-order valence-corrected chi connectivity index (χ4v) is 2.07. The standard InChI is InChI=1S/C9H10F4N2O2S.ClH/c10-7-2-1-6(3-8(7)11)18(16,17)15-5-9(12,13)4-14;/h1-3,15H,4-5,14H2;1H. The van der Waals surface area contributed by atoms with Crippen LogP contribution in [0.4, 0.5) is 17.6 Å². The highest BCUT2D eigenvalue weighted by molar-refractivity contribution is 7.89. The Morgan fingerprint density at radius 1 is 1.21 bits per heavy atom. The third-order valence-corrected chi connectivity index (χ3v) is 3.42. The van der Waals surface area contributed by atoms with E-state index in [4.69, 9.17) is 5.73 Å². The van der Waals surface area contributed by atoms with Crippen molar-refractivity contribution in [3.05, 3.63) is 29.8 Å². The number of sulfonamides is 1. The van der Waals surface area contributed by atoms with Gasteiger partial charge in [0.15, 0.2) is 11.6 Å². The minimum absolute atomic E-state index is 0. The van der Waals surface area contributed by atoms with E-state index in [0.717, 1.165) is 6.07 Å². The topological polar surface area (TPSA) is 72.2 Å². The van der Waals surface area contributed by atoms with E-state index in [1.165, 1.54) is 0 Å². The fraction of sp³-hybridized carbons (Fsp3) is 0.333. The second-order valence-corrected chi connectivity index (χ2v) is 5.23. The second kappa shape index (κ2) is 6.51. The van der Waals surface area contributed by atoms with Crippen molar-refractivity contribution in [2.45, 2.75) is 10.8 Å². The summed E-state index contributed by atoms with van der Waals surface area (Å²) in [4.78, 5) is -0.644. The van der Waals surface area contributed by atoms with E-state index >= 15 is 0 Å². The quantitative estimate of drug-likeness (QED) is 0.802.